The van der Waals surface area contributed by atoms with E-state index in [-0.39, 0.29) is 17.1 Å². The minimum Gasteiger partial charge on any atom is -0.469 e. The van der Waals surface area contributed by atoms with E-state index in [0.717, 1.165) is 23.4 Å². The van der Waals surface area contributed by atoms with Crippen LogP contribution in [0.2, 0.25) is 0 Å². The second-order valence-corrected chi connectivity index (χ2v) is 6.53. The van der Waals surface area contributed by atoms with Gasteiger partial charge >= 0.3 is 5.97 Å². The number of aryl methyl sites for hydroxylation is 1. The molecule has 0 radical (unpaired) electrons. The Labute approximate surface area is 130 Å². The number of carbonyl (C=O) groups excluding carboxylic acids is 2. The highest BCUT2D eigenvalue weighted by Crippen LogP contribution is 2.17. The molecular formula is C16H23NO3S. The summed E-state index contributed by atoms with van der Waals surface area (Å²) in [5.41, 5.74) is 1.96. The van der Waals surface area contributed by atoms with E-state index in [1.807, 2.05) is 38.1 Å². The Bertz CT molecular complexity index is 476. The number of ether oxygens (including phenoxy) is 1. The average molecular weight is 309 g/mol. The number of thioether (sulfide) groups is 1. The fraction of sp³-hybridized carbons (Fsp3) is 0.500. The normalized spacial score (nSPS) is 11.8. The number of amides is 1. The van der Waals surface area contributed by atoms with Crippen LogP contribution in [0.3, 0.4) is 0 Å². The zero-order valence-electron chi connectivity index (χ0n) is 12.8. The summed E-state index contributed by atoms with van der Waals surface area (Å²) in [5.74, 6) is 0.702. The van der Waals surface area contributed by atoms with Crippen molar-refractivity contribution >= 4 is 29.3 Å². The van der Waals surface area contributed by atoms with Gasteiger partial charge in [0.05, 0.1) is 13.5 Å². The number of benzene rings is 1. The molecule has 1 aromatic rings. The number of hydrogen-bond donors (Lipinski definition) is 1. The van der Waals surface area contributed by atoms with Crippen molar-refractivity contribution in [3.63, 3.8) is 0 Å². The average Bonchev–Trinajstić information content (AvgIpc) is 2.43. The van der Waals surface area contributed by atoms with Gasteiger partial charge in [-0.3, -0.25) is 9.59 Å². The van der Waals surface area contributed by atoms with Gasteiger partial charge in [0.25, 0.3) is 0 Å². The summed E-state index contributed by atoms with van der Waals surface area (Å²) in [7, 11) is 1.40. The lowest BCUT2D eigenvalue weighted by molar-refractivity contribution is -0.140. The predicted molar refractivity (Wildman–Crippen MR) is 87.6 cm³/mol. The molecule has 0 saturated heterocycles. The summed E-state index contributed by atoms with van der Waals surface area (Å²) < 4.78 is 4.63. The summed E-state index contributed by atoms with van der Waals surface area (Å²) in [5, 5.41) is 3.11. The first-order valence-corrected chi connectivity index (χ1v) is 8.11. The van der Waals surface area contributed by atoms with Crippen molar-refractivity contribution in [1.82, 2.24) is 0 Å². The zero-order chi connectivity index (χ0) is 15.7. The van der Waals surface area contributed by atoms with Gasteiger partial charge in [-0.2, -0.15) is 11.8 Å². The third-order valence-corrected chi connectivity index (χ3v) is 4.19. The predicted octanol–water partition coefficient (Wildman–Crippen LogP) is 3.40. The molecule has 0 aliphatic heterocycles. The highest BCUT2D eigenvalue weighted by molar-refractivity contribution is 7.99. The van der Waals surface area contributed by atoms with Crippen molar-refractivity contribution in [1.29, 1.82) is 0 Å². The van der Waals surface area contributed by atoms with E-state index in [2.05, 4.69) is 10.1 Å². The third kappa shape index (κ3) is 7.75. The lowest BCUT2D eigenvalue weighted by atomic mass is 10.2. The Balaban J connectivity index is 2.18. The van der Waals surface area contributed by atoms with Gasteiger partial charge in [-0.25, -0.2) is 0 Å². The Kier molecular flexibility index (Phi) is 7.90. The topological polar surface area (TPSA) is 55.4 Å². The van der Waals surface area contributed by atoms with Crippen LogP contribution < -0.4 is 5.32 Å². The summed E-state index contributed by atoms with van der Waals surface area (Å²) in [4.78, 5) is 22.9. The van der Waals surface area contributed by atoms with E-state index in [9.17, 15) is 9.59 Å². The number of hydrogen-bond acceptors (Lipinski definition) is 4. The van der Waals surface area contributed by atoms with E-state index < -0.39 is 0 Å². The molecule has 1 atom stereocenters. The molecule has 0 heterocycles. The van der Waals surface area contributed by atoms with Crippen molar-refractivity contribution in [3.8, 4) is 0 Å². The molecule has 1 amide bonds. The van der Waals surface area contributed by atoms with E-state index in [4.69, 9.17) is 0 Å². The molecule has 1 unspecified atom stereocenters. The molecule has 1 aromatic carbocycles. The van der Waals surface area contributed by atoms with E-state index in [1.165, 1.54) is 7.11 Å². The molecule has 0 bridgehead atoms. The second kappa shape index (κ2) is 9.45. The summed E-state index contributed by atoms with van der Waals surface area (Å²) in [6, 6.07) is 7.76. The van der Waals surface area contributed by atoms with Crippen LogP contribution in [0.25, 0.3) is 0 Å². The first-order chi connectivity index (χ1) is 10.0. The van der Waals surface area contributed by atoms with E-state index in [1.54, 1.807) is 11.8 Å². The molecule has 5 heteroatoms. The van der Waals surface area contributed by atoms with Crippen molar-refractivity contribution in [2.75, 3.05) is 18.2 Å². The Morgan fingerprint density at radius 3 is 2.81 bits per heavy atom. The highest BCUT2D eigenvalue weighted by atomic mass is 32.2. The van der Waals surface area contributed by atoms with Crippen LogP contribution in [0, 0.1) is 6.92 Å². The molecule has 0 aliphatic rings. The van der Waals surface area contributed by atoms with E-state index >= 15 is 0 Å². The number of esters is 1. The molecule has 0 aliphatic carbocycles. The number of nitrogens with one attached hydrogen (secondary N) is 1. The van der Waals surface area contributed by atoms with Crippen molar-refractivity contribution in [2.45, 2.75) is 38.4 Å². The fourth-order valence-corrected chi connectivity index (χ4v) is 2.81. The Hall–Kier alpha value is -1.49. The van der Waals surface area contributed by atoms with Gasteiger partial charge in [-0.1, -0.05) is 19.1 Å². The maximum absolute atomic E-state index is 11.8. The summed E-state index contributed by atoms with van der Waals surface area (Å²) in [6.45, 7) is 3.99. The molecule has 0 aromatic heterocycles. The summed E-state index contributed by atoms with van der Waals surface area (Å²) >= 11 is 1.69. The monoisotopic (exact) mass is 309 g/mol. The van der Waals surface area contributed by atoms with E-state index in [0.29, 0.717) is 12.8 Å². The van der Waals surface area contributed by atoms with Gasteiger partial charge in [-0.05, 0) is 36.8 Å². The van der Waals surface area contributed by atoms with Crippen LogP contribution >= 0.6 is 11.8 Å². The van der Waals surface area contributed by atoms with Crippen LogP contribution in [0.4, 0.5) is 5.69 Å². The maximum atomic E-state index is 11.8. The third-order valence-electron chi connectivity index (χ3n) is 2.93. The Morgan fingerprint density at radius 2 is 2.14 bits per heavy atom. The number of carbonyl (C=O) groups is 2. The van der Waals surface area contributed by atoms with Crippen LogP contribution in [0.15, 0.2) is 24.3 Å². The van der Waals surface area contributed by atoms with Crippen LogP contribution in [-0.4, -0.2) is 30.0 Å². The minimum absolute atomic E-state index is 0.0295. The van der Waals surface area contributed by atoms with Crippen molar-refractivity contribution < 1.29 is 14.3 Å². The lowest BCUT2D eigenvalue weighted by Gasteiger charge is -2.09. The van der Waals surface area contributed by atoms with Gasteiger partial charge in [0.15, 0.2) is 0 Å². The van der Waals surface area contributed by atoms with Gasteiger partial charge in [0.2, 0.25) is 5.91 Å². The fourth-order valence-electron chi connectivity index (χ4n) is 1.84. The number of methoxy groups -OCH3 is 1. The molecule has 0 saturated carbocycles. The minimum atomic E-state index is -0.188. The number of anilines is 1. The summed E-state index contributed by atoms with van der Waals surface area (Å²) in [6.07, 6.45) is 1.70. The van der Waals surface area contributed by atoms with Crippen molar-refractivity contribution in [3.05, 3.63) is 29.8 Å². The molecule has 1 rings (SSSR count). The molecule has 4 nitrogen and oxygen atoms in total. The quantitative estimate of drug-likeness (QED) is 0.590. The first-order valence-electron chi connectivity index (χ1n) is 7.06. The molecule has 116 valence electrons. The highest BCUT2D eigenvalue weighted by Gasteiger charge is 2.09. The SMILES string of the molecule is COC(=O)CC(C)SCCCC(=O)Nc1cccc(C)c1. The Morgan fingerprint density at radius 1 is 1.38 bits per heavy atom. The van der Waals surface area contributed by atoms with Crippen LogP contribution in [-0.2, 0) is 14.3 Å². The van der Waals surface area contributed by atoms with Crippen LogP contribution in [0.1, 0.15) is 31.7 Å². The molecule has 0 spiro atoms. The smallest absolute Gasteiger partial charge is 0.306 e. The van der Waals surface area contributed by atoms with Gasteiger partial charge in [0.1, 0.15) is 0 Å². The van der Waals surface area contributed by atoms with Gasteiger partial charge in [-0.15, -0.1) is 0 Å². The van der Waals surface area contributed by atoms with Gasteiger partial charge in [0, 0.05) is 17.4 Å². The number of rotatable bonds is 8. The molecular weight excluding hydrogens is 286 g/mol. The first kappa shape index (κ1) is 17.6. The lowest BCUT2D eigenvalue weighted by Crippen LogP contribution is -2.12. The second-order valence-electron chi connectivity index (χ2n) is 4.98. The standard InChI is InChI=1S/C16H23NO3S/c1-12-6-4-7-14(10-12)17-15(18)8-5-9-21-13(2)11-16(19)20-3/h4,6-7,10,13H,5,8-9,11H2,1-3H3,(H,17,18). The van der Waals surface area contributed by atoms with Crippen LogP contribution in [0.5, 0.6) is 0 Å². The van der Waals surface area contributed by atoms with Crippen molar-refractivity contribution in [2.24, 2.45) is 0 Å². The zero-order valence-corrected chi connectivity index (χ0v) is 13.7. The largest absolute Gasteiger partial charge is 0.469 e. The molecule has 1 N–H and O–H groups in total. The molecule has 21 heavy (non-hydrogen) atoms. The maximum Gasteiger partial charge on any atom is 0.306 e. The van der Waals surface area contributed by atoms with Gasteiger partial charge < -0.3 is 10.1 Å². The molecule has 0 fully saturated rings.